The molecule has 0 N–H and O–H groups in total. The maximum absolute atomic E-state index is 10.2. The Morgan fingerprint density at radius 1 is 1.71 bits per heavy atom. The molecule has 7 heavy (non-hydrogen) atoms. The molecule has 0 amide bonds. The van der Waals surface area contributed by atoms with Crippen LogP contribution in [0.4, 0.5) is 0 Å². The van der Waals surface area contributed by atoms with Gasteiger partial charge in [-0.15, -0.1) is 0 Å². The second kappa shape index (κ2) is 1.32. The van der Waals surface area contributed by atoms with E-state index in [-0.39, 0.29) is 5.75 Å². The molecule has 1 heterocycles. The Bertz CT molecular complexity index is 201. The van der Waals surface area contributed by atoms with Gasteiger partial charge in [-0.2, -0.15) is 0 Å². The normalized spacial score (nSPS) is 25.6. The molecule has 0 unspecified atom stereocenters. The lowest BCUT2D eigenvalue weighted by Gasteiger charge is -2.05. The summed E-state index contributed by atoms with van der Waals surface area (Å²) < 4.78 is 21.2. The van der Waals surface area contributed by atoms with Crippen molar-refractivity contribution < 1.29 is 8.42 Å². The first-order chi connectivity index (χ1) is 3.10. The van der Waals surface area contributed by atoms with Gasteiger partial charge in [0.15, 0.2) is 9.84 Å². The monoisotopic (exact) mass is 182 g/mol. The van der Waals surface area contributed by atoms with Crippen molar-refractivity contribution in [2.45, 2.75) is 0 Å². The average molecular weight is 183 g/mol. The fourth-order valence-electron chi connectivity index (χ4n) is 0.363. The second-order valence-electron chi connectivity index (χ2n) is 1.37. The van der Waals surface area contributed by atoms with Crippen molar-refractivity contribution in [3.63, 3.8) is 0 Å². The smallest absolute Gasteiger partial charge is 0.177 e. The second-order valence-corrected chi connectivity index (χ2v) is 4.24. The van der Waals surface area contributed by atoms with Crippen molar-refractivity contribution in [2.24, 2.45) is 0 Å². The summed E-state index contributed by atoms with van der Waals surface area (Å²) in [5, 5.41) is 1.22. The van der Waals surface area contributed by atoms with Gasteiger partial charge in [-0.05, 0) is 0 Å². The number of halogens is 1. The third kappa shape index (κ3) is 1.04. The van der Waals surface area contributed by atoms with Crippen molar-refractivity contribution in [1.29, 1.82) is 0 Å². The zero-order chi connectivity index (χ0) is 5.49. The molecule has 0 fully saturated rings. The molecule has 1 rings (SSSR count). The van der Waals surface area contributed by atoms with Gasteiger partial charge in [0.1, 0.15) is 0 Å². The van der Waals surface area contributed by atoms with Gasteiger partial charge < -0.3 is 0 Å². The van der Waals surface area contributed by atoms with E-state index in [4.69, 9.17) is 0 Å². The Balaban J connectivity index is 3.01. The van der Waals surface area contributed by atoms with Gasteiger partial charge in [-0.3, -0.25) is 0 Å². The lowest BCUT2D eigenvalue weighted by atomic mass is 10.7. The summed E-state index contributed by atoms with van der Waals surface area (Å²) in [6.45, 7) is 0. The van der Waals surface area contributed by atoms with Crippen LogP contribution in [0.1, 0.15) is 0 Å². The molecule has 0 aromatic carbocycles. The van der Waals surface area contributed by atoms with Gasteiger partial charge >= 0.3 is 0 Å². The Morgan fingerprint density at radius 3 is 2.14 bits per heavy atom. The predicted octanol–water partition coefficient (Wildman–Crippen LogP) is 0.651. The molecule has 1 aliphatic rings. The lowest BCUT2D eigenvalue weighted by molar-refractivity contribution is 0.604. The molecule has 0 bridgehead atoms. The molecular weight excluding hydrogens is 180 g/mol. The maximum atomic E-state index is 10.2. The average Bonchev–Trinajstić information content (AvgIpc) is 1.27. The molecule has 0 aromatic heterocycles. The fourth-order valence-corrected chi connectivity index (χ4v) is 2.90. The highest BCUT2D eigenvalue weighted by atomic mass is 79.9. The number of hydrogen-bond acceptors (Lipinski definition) is 2. The van der Waals surface area contributed by atoms with Gasteiger partial charge in [0.2, 0.25) is 0 Å². The first-order valence-electron chi connectivity index (χ1n) is 1.69. The number of rotatable bonds is 0. The molecule has 40 valence electrons. The van der Waals surface area contributed by atoms with Gasteiger partial charge in [-0.25, -0.2) is 8.42 Å². The van der Waals surface area contributed by atoms with Crippen molar-refractivity contribution in [1.82, 2.24) is 0 Å². The number of hydrogen-bond donors (Lipinski definition) is 0. The Labute approximate surface area is 50.3 Å². The maximum Gasteiger partial charge on any atom is 0.177 e. The highest BCUT2D eigenvalue weighted by molar-refractivity contribution is 9.12. The minimum absolute atomic E-state index is 0.188. The SMILES string of the molecule is O=S1(=O)C=C(Br)C1. The van der Waals surface area contributed by atoms with Gasteiger partial charge in [-0.1, -0.05) is 15.9 Å². The van der Waals surface area contributed by atoms with Crippen molar-refractivity contribution in [2.75, 3.05) is 5.75 Å². The summed E-state index contributed by atoms with van der Waals surface area (Å²) in [6.07, 6.45) is 0. The summed E-state index contributed by atoms with van der Waals surface area (Å²) >= 11 is 3.02. The van der Waals surface area contributed by atoms with Crippen molar-refractivity contribution in [3.8, 4) is 0 Å². The molecule has 0 radical (unpaired) electrons. The summed E-state index contributed by atoms with van der Waals surface area (Å²) in [6, 6.07) is 0. The third-order valence-corrected chi connectivity index (χ3v) is 3.19. The van der Waals surface area contributed by atoms with Crippen LogP contribution < -0.4 is 0 Å². The van der Waals surface area contributed by atoms with E-state index >= 15 is 0 Å². The molecule has 1 aliphatic heterocycles. The summed E-state index contributed by atoms with van der Waals surface area (Å²) in [4.78, 5) is 0. The molecule has 2 nitrogen and oxygen atoms in total. The first kappa shape index (κ1) is 5.31. The van der Waals surface area contributed by atoms with E-state index in [0.29, 0.717) is 0 Å². The van der Waals surface area contributed by atoms with Crippen LogP contribution in [0.15, 0.2) is 9.89 Å². The Kier molecular flexibility index (Phi) is 1.00. The highest BCUT2D eigenvalue weighted by Crippen LogP contribution is 2.20. The summed E-state index contributed by atoms with van der Waals surface area (Å²) in [7, 11) is -2.74. The summed E-state index contributed by atoms with van der Waals surface area (Å²) in [5.74, 6) is 0.188. The Morgan fingerprint density at radius 2 is 2.14 bits per heavy atom. The van der Waals surface area contributed by atoms with Crippen molar-refractivity contribution >= 4 is 25.8 Å². The molecule has 0 aromatic rings. The van der Waals surface area contributed by atoms with E-state index in [9.17, 15) is 8.42 Å². The van der Waals surface area contributed by atoms with Crippen LogP contribution in [-0.2, 0) is 9.84 Å². The van der Waals surface area contributed by atoms with Crippen LogP contribution in [0.2, 0.25) is 0 Å². The molecule has 0 spiro atoms. The van der Waals surface area contributed by atoms with E-state index < -0.39 is 9.84 Å². The largest absolute Gasteiger partial charge is 0.224 e. The minimum atomic E-state index is -2.74. The van der Waals surface area contributed by atoms with Crippen LogP contribution in [0.25, 0.3) is 0 Å². The van der Waals surface area contributed by atoms with Crippen molar-refractivity contribution in [3.05, 3.63) is 9.89 Å². The Hall–Kier alpha value is 0.170. The first-order valence-corrected chi connectivity index (χ1v) is 4.20. The van der Waals surface area contributed by atoms with Gasteiger partial charge in [0.05, 0.1) is 5.75 Å². The van der Waals surface area contributed by atoms with E-state index in [1.165, 1.54) is 5.41 Å². The van der Waals surface area contributed by atoms with Crippen LogP contribution >= 0.6 is 15.9 Å². The minimum Gasteiger partial charge on any atom is -0.224 e. The zero-order valence-electron chi connectivity index (χ0n) is 3.39. The quantitative estimate of drug-likeness (QED) is 0.552. The molecule has 0 atom stereocenters. The van der Waals surface area contributed by atoms with E-state index in [2.05, 4.69) is 15.9 Å². The zero-order valence-corrected chi connectivity index (χ0v) is 5.79. The van der Waals surface area contributed by atoms with Crippen LogP contribution in [0, 0.1) is 0 Å². The van der Waals surface area contributed by atoms with Gasteiger partial charge in [0.25, 0.3) is 0 Å². The topological polar surface area (TPSA) is 34.1 Å². The van der Waals surface area contributed by atoms with E-state index in [1.54, 1.807) is 0 Å². The molecule has 0 saturated carbocycles. The lowest BCUT2D eigenvalue weighted by Crippen LogP contribution is -2.11. The third-order valence-electron chi connectivity index (χ3n) is 0.647. The molecule has 0 saturated heterocycles. The fraction of sp³-hybridized carbons (Fsp3) is 0.333. The molecule has 0 aliphatic carbocycles. The summed E-state index contributed by atoms with van der Waals surface area (Å²) in [5.41, 5.74) is 0. The standard InChI is InChI=1S/C3H3BrO2S/c4-3-1-7(5,6)2-3/h1H,2H2. The van der Waals surface area contributed by atoms with Crippen LogP contribution in [0.3, 0.4) is 0 Å². The van der Waals surface area contributed by atoms with E-state index in [1.807, 2.05) is 0 Å². The van der Waals surface area contributed by atoms with E-state index in [0.717, 1.165) is 4.48 Å². The van der Waals surface area contributed by atoms with Gasteiger partial charge in [0, 0.05) is 9.89 Å². The van der Waals surface area contributed by atoms with Crippen LogP contribution in [-0.4, -0.2) is 14.2 Å². The predicted molar refractivity (Wildman–Crippen MR) is 30.8 cm³/mol. The molecule has 4 heteroatoms. The number of sulfone groups is 1. The highest BCUT2D eigenvalue weighted by Gasteiger charge is 2.19. The van der Waals surface area contributed by atoms with Crippen LogP contribution in [0.5, 0.6) is 0 Å². The molecular formula is C3H3BrO2S.